The Morgan fingerprint density at radius 2 is 1.83 bits per heavy atom. The van der Waals surface area contributed by atoms with Crippen LogP contribution in [0.5, 0.6) is 0 Å². The molecule has 1 amide bonds. The normalized spacial score (nSPS) is 24.1. The summed E-state index contributed by atoms with van der Waals surface area (Å²) in [5, 5.41) is 8.94. The highest BCUT2D eigenvalue weighted by molar-refractivity contribution is 5.92. The summed E-state index contributed by atoms with van der Waals surface area (Å²) in [5.41, 5.74) is 1.84. The fraction of sp³-hybridized carbons (Fsp3) is 0.391. The quantitative estimate of drug-likeness (QED) is 0.695. The van der Waals surface area contributed by atoms with Crippen molar-refractivity contribution in [2.24, 2.45) is 0 Å². The molecule has 2 aliphatic heterocycles. The van der Waals surface area contributed by atoms with E-state index in [1.165, 1.54) is 5.56 Å². The van der Waals surface area contributed by atoms with Crippen LogP contribution in [0.4, 0.5) is 0 Å². The number of carbonyl (C=O) groups is 1. The summed E-state index contributed by atoms with van der Waals surface area (Å²) in [7, 11) is 0. The fourth-order valence-corrected chi connectivity index (χ4v) is 5.24. The maximum atomic E-state index is 13.8. The van der Waals surface area contributed by atoms with E-state index in [1.807, 2.05) is 36.5 Å². The van der Waals surface area contributed by atoms with Gasteiger partial charge in [0, 0.05) is 37.0 Å². The van der Waals surface area contributed by atoms with Gasteiger partial charge in [-0.3, -0.25) is 9.78 Å². The molecule has 29 heavy (non-hydrogen) atoms. The fourth-order valence-electron chi connectivity index (χ4n) is 5.24. The van der Waals surface area contributed by atoms with Crippen LogP contribution >= 0.6 is 0 Å². The lowest BCUT2D eigenvalue weighted by Crippen LogP contribution is -2.47. The number of carbonyl (C=O) groups excluding carboxylic acids is 1. The van der Waals surface area contributed by atoms with Crippen molar-refractivity contribution in [3.8, 4) is 11.4 Å². The van der Waals surface area contributed by atoms with Gasteiger partial charge in [-0.15, -0.1) is 10.2 Å². The van der Waals surface area contributed by atoms with E-state index in [1.54, 1.807) is 6.20 Å². The van der Waals surface area contributed by atoms with Crippen LogP contribution in [0.15, 0.2) is 54.9 Å². The molecule has 3 aromatic rings. The van der Waals surface area contributed by atoms with Crippen LogP contribution < -0.4 is 0 Å². The highest BCUT2D eigenvalue weighted by Crippen LogP contribution is 2.51. The third-order valence-corrected chi connectivity index (χ3v) is 6.90. The number of hydrogen-bond acceptors (Lipinski definition) is 4. The summed E-state index contributed by atoms with van der Waals surface area (Å²) in [5.74, 6) is 2.16. The van der Waals surface area contributed by atoms with E-state index in [0.29, 0.717) is 5.91 Å². The number of aromatic nitrogens is 4. The second-order valence-corrected chi connectivity index (χ2v) is 8.54. The largest absolute Gasteiger partial charge is 0.334 e. The maximum absolute atomic E-state index is 13.8. The molecule has 2 atom stereocenters. The van der Waals surface area contributed by atoms with Gasteiger partial charge in [-0.05, 0) is 43.4 Å². The van der Waals surface area contributed by atoms with Crippen LogP contribution in [-0.4, -0.2) is 42.6 Å². The summed E-state index contributed by atoms with van der Waals surface area (Å²) in [6.07, 6.45) is 8.39. The lowest BCUT2D eigenvalue weighted by molar-refractivity contribution is -0.137. The van der Waals surface area contributed by atoms with E-state index in [2.05, 4.69) is 36.8 Å². The Labute approximate surface area is 169 Å². The first kappa shape index (κ1) is 16.9. The molecule has 1 saturated heterocycles. The van der Waals surface area contributed by atoms with Crippen molar-refractivity contribution in [3.05, 3.63) is 66.2 Å². The van der Waals surface area contributed by atoms with Crippen LogP contribution in [-0.2, 0) is 23.2 Å². The summed E-state index contributed by atoms with van der Waals surface area (Å²) in [4.78, 5) is 20.2. The van der Waals surface area contributed by atoms with Gasteiger partial charge in [-0.25, -0.2) is 0 Å². The monoisotopic (exact) mass is 385 g/mol. The van der Waals surface area contributed by atoms with Crippen molar-refractivity contribution < 1.29 is 4.79 Å². The van der Waals surface area contributed by atoms with Crippen molar-refractivity contribution in [1.82, 2.24) is 24.6 Å². The van der Waals surface area contributed by atoms with E-state index in [0.717, 1.165) is 55.9 Å². The summed E-state index contributed by atoms with van der Waals surface area (Å²) in [6.45, 7) is 0.764. The van der Waals surface area contributed by atoms with Crippen molar-refractivity contribution >= 4 is 5.91 Å². The highest BCUT2D eigenvalue weighted by Gasteiger charge is 2.56. The average Bonchev–Trinajstić information content (AvgIpc) is 3.40. The second-order valence-electron chi connectivity index (χ2n) is 8.54. The van der Waals surface area contributed by atoms with Gasteiger partial charge in [-0.2, -0.15) is 0 Å². The number of amides is 1. The van der Waals surface area contributed by atoms with Crippen LogP contribution in [0.1, 0.15) is 37.1 Å². The minimum Gasteiger partial charge on any atom is -0.334 e. The highest BCUT2D eigenvalue weighted by atomic mass is 16.2. The van der Waals surface area contributed by atoms with Gasteiger partial charge in [0.1, 0.15) is 5.82 Å². The zero-order chi connectivity index (χ0) is 19.4. The lowest BCUT2D eigenvalue weighted by atomic mass is 9.93. The third kappa shape index (κ3) is 2.55. The molecule has 1 saturated carbocycles. The molecule has 0 N–H and O–H groups in total. The minimum absolute atomic E-state index is 0.210. The standard InChI is InChI=1S/C23H23N5O/c29-22(23(10-11-23)17-6-2-1-3-7-17)28-18-8-9-19(28)15-27-20(13-18)25-26-21(27)16-5-4-12-24-14-16/h1-7,12,14,18-19H,8-11,13,15H2. The Kier molecular flexibility index (Phi) is 3.63. The molecule has 2 unspecified atom stereocenters. The van der Waals surface area contributed by atoms with Gasteiger partial charge in [-0.1, -0.05) is 30.3 Å². The topological polar surface area (TPSA) is 63.9 Å². The van der Waals surface area contributed by atoms with Crippen LogP contribution in [0.3, 0.4) is 0 Å². The number of hydrogen-bond donors (Lipinski definition) is 0. The number of benzene rings is 1. The van der Waals surface area contributed by atoms with E-state index in [4.69, 9.17) is 0 Å². The summed E-state index contributed by atoms with van der Waals surface area (Å²) in [6, 6.07) is 14.7. The number of pyridine rings is 1. The molecular formula is C23H23N5O. The molecule has 3 aliphatic rings. The molecule has 1 aliphatic carbocycles. The molecule has 6 nitrogen and oxygen atoms in total. The van der Waals surface area contributed by atoms with E-state index < -0.39 is 0 Å². The SMILES string of the molecule is O=C(N1C2CCC1Cn1c(nnc1-c1cccnc1)C2)C1(c2ccccc2)CC1. The van der Waals surface area contributed by atoms with E-state index in [9.17, 15) is 4.79 Å². The zero-order valence-electron chi connectivity index (χ0n) is 16.2. The van der Waals surface area contributed by atoms with Gasteiger partial charge < -0.3 is 9.47 Å². The Balaban J connectivity index is 1.34. The summed E-state index contributed by atoms with van der Waals surface area (Å²) >= 11 is 0. The van der Waals surface area contributed by atoms with Crippen LogP contribution in [0.25, 0.3) is 11.4 Å². The number of nitrogens with zero attached hydrogens (tertiary/aromatic N) is 5. The predicted molar refractivity (Wildman–Crippen MR) is 108 cm³/mol. The third-order valence-electron chi connectivity index (χ3n) is 6.90. The van der Waals surface area contributed by atoms with Gasteiger partial charge in [0.25, 0.3) is 0 Å². The molecule has 6 heteroatoms. The molecule has 146 valence electrons. The smallest absolute Gasteiger partial charge is 0.233 e. The van der Waals surface area contributed by atoms with Gasteiger partial charge in [0.15, 0.2) is 5.82 Å². The van der Waals surface area contributed by atoms with Crippen molar-refractivity contribution in [2.45, 2.75) is 56.1 Å². The molecule has 1 aromatic carbocycles. The molecule has 6 rings (SSSR count). The molecular weight excluding hydrogens is 362 g/mol. The molecule has 4 heterocycles. The molecule has 0 radical (unpaired) electrons. The molecule has 2 aromatic heterocycles. The number of rotatable bonds is 3. The first-order chi connectivity index (χ1) is 14.3. The van der Waals surface area contributed by atoms with E-state index >= 15 is 0 Å². The molecule has 0 spiro atoms. The average molecular weight is 385 g/mol. The van der Waals surface area contributed by atoms with Crippen LogP contribution in [0, 0.1) is 0 Å². The maximum Gasteiger partial charge on any atom is 0.233 e. The lowest BCUT2D eigenvalue weighted by Gasteiger charge is -2.32. The second kappa shape index (κ2) is 6.24. The first-order valence-electron chi connectivity index (χ1n) is 10.5. The Morgan fingerprint density at radius 3 is 2.59 bits per heavy atom. The van der Waals surface area contributed by atoms with Gasteiger partial charge in [0.2, 0.25) is 5.91 Å². The van der Waals surface area contributed by atoms with Gasteiger partial charge in [0.05, 0.1) is 11.5 Å². The van der Waals surface area contributed by atoms with Crippen molar-refractivity contribution in [2.75, 3.05) is 0 Å². The molecule has 2 bridgehead atoms. The summed E-state index contributed by atoms with van der Waals surface area (Å²) < 4.78 is 2.21. The van der Waals surface area contributed by atoms with E-state index in [-0.39, 0.29) is 17.5 Å². The molecule has 2 fully saturated rings. The van der Waals surface area contributed by atoms with Gasteiger partial charge >= 0.3 is 0 Å². The Hall–Kier alpha value is -3.02. The first-order valence-corrected chi connectivity index (χ1v) is 10.5. The van der Waals surface area contributed by atoms with Crippen LogP contribution in [0.2, 0.25) is 0 Å². The Morgan fingerprint density at radius 1 is 1.00 bits per heavy atom. The Bertz CT molecular complexity index is 1060. The number of fused-ring (bicyclic) bond motifs is 3. The van der Waals surface area contributed by atoms with Crippen molar-refractivity contribution in [1.29, 1.82) is 0 Å². The zero-order valence-corrected chi connectivity index (χ0v) is 16.2. The minimum atomic E-state index is -0.307. The van der Waals surface area contributed by atoms with Crippen molar-refractivity contribution in [3.63, 3.8) is 0 Å². The predicted octanol–water partition coefficient (Wildman–Crippen LogP) is 2.99.